The topological polar surface area (TPSA) is 115 Å². The fourth-order valence-corrected chi connectivity index (χ4v) is 2.15. The fraction of sp³-hybridized carbons (Fsp3) is 0.222. The van der Waals surface area contributed by atoms with Crippen LogP contribution >= 0.6 is 11.8 Å². The summed E-state index contributed by atoms with van der Waals surface area (Å²) in [7, 11) is 1.76. The van der Waals surface area contributed by atoms with Gasteiger partial charge in [-0.2, -0.15) is 0 Å². The highest BCUT2D eigenvalue weighted by atomic mass is 32.2. The molecular formula is C9H11N7OS. The van der Waals surface area contributed by atoms with E-state index in [0.717, 1.165) is 5.56 Å². The number of rotatable bonds is 4. The predicted molar refractivity (Wildman–Crippen MR) is 65.1 cm³/mol. The van der Waals surface area contributed by atoms with E-state index in [9.17, 15) is 0 Å². The molecule has 2 rings (SSSR count). The first-order chi connectivity index (χ1) is 8.72. The van der Waals surface area contributed by atoms with Crippen molar-refractivity contribution in [3.63, 3.8) is 0 Å². The Morgan fingerprint density at radius 3 is 3.11 bits per heavy atom. The number of hydrogen-bond acceptors (Lipinski definition) is 7. The van der Waals surface area contributed by atoms with Crippen LogP contribution in [0.3, 0.4) is 0 Å². The molecule has 0 saturated carbocycles. The Hall–Kier alpha value is -2.16. The van der Waals surface area contributed by atoms with Gasteiger partial charge in [0.2, 0.25) is 5.16 Å². The number of tetrazole rings is 1. The van der Waals surface area contributed by atoms with Crippen LogP contribution in [-0.4, -0.2) is 36.2 Å². The summed E-state index contributed by atoms with van der Waals surface area (Å²) in [6.07, 6.45) is 1.59. The molecule has 0 aliphatic rings. The van der Waals surface area contributed by atoms with E-state index in [4.69, 9.17) is 10.9 Å². The minimum Gasteiger partial charge on any atom is -0.409 e. The van der Waals surface area contributed by atoms with Crippen molar-refractivity contribution in [1.82, 2.24) is 25.2 Å². The average Bonchev–Trinajstić information content (AvgIpc) is 2.81. The maximum absolute atomic E-state index is 8.69. The zero-order chi connectivity index (χ0) is 13.0. The molecule has 0 aliphatic heterocycles. The molecule has 0 atom stereocenters. The van der Waals surface area contributed by atoms with E-state index in [1.807, 2.05) is 6.07 Å². The third kappa shape index (κ3) is 2.56. The van der Waals surface area contributed by atoms with Crippen molar-refractivity contribution in [2.45, 2.75) is 10.9 Å². The van der Waals surface area contributed by atoms with Crippen LogP contribution in [0.25, 0.3) is 0 Å². The van der Waals surface area contributed by atoms with Gasteiger partial charge in [0.15, 0.2) is 5.84 Å². The number of nitrogens with zero attached hydrogens (tertiary/aromatic N) is 6. The SMILES string of the molecule is Cn1nnnc1SCc1cccnc1/C(N)=N/O. The Bertz CT molecular complexity index is 568. The van der Waals surface area contributed by atoms with Gasteiger partial charge in [-0.15, -0.1) is 5.10 Å². The number of pyridine rings is 1. The zero-order valence-corrected chi connectivity index (χ0v) is 10.4. The Morgan fingerprint density at radius 1 is 1.61 bits per heavy atom. The molecular weight excluding hydrogens is 254 g/mol. The second-order valence-electron chi connectivity index (χ2n) is 3.37. The van der Waals surface area contributed by atoms with Gasteiger partial charge in [0.05, 0.1) is 0 Å². The third-order valence-electron chi connectivity index (χ3n) is 2.18. The Kier molecular flexibility index (Phi) is 3.72. The summed E-state index contributed by atoms with van der Waals surface area (Å²) in [4.78, 5) is 4.08. The van der Waals surface area contributed by atoms with Crippen LogP contribution in [0.1, 0.15) is 11.3 Å². The third-order valence-corrected chi connectivity index (χ3v) is 3.24. The summed E-state index contributed by atoms with van der Waals surface area (Å²) in [6.45, 7) is 0. The number of aryl methyl sites for hydroxylation is 1. The second kappa shape index (κ2) is 5.45. The number of hydrogen-bond donors (Lipinski definition) is 2. The second-order valence-corrected chi connectivity index (χ2v) is 4.31. The average molecular weight is 265 g/mol. The van der Waals surface area contributed by atoms with Gasteiger partial charge in [0.25, 0.3) is 0 Å². The first kappa shape index (κ1) is 12.3. The van der Waals surface area contributed by atoms with E-state index in [1.165, 1.54) is 11.8 Å². The van der Waals surface area contributed by atoms with Crippen molar-refractivity contribution in [1.29, 1.82) is 0 Å². The zero-order valence-electron chi connectivity index (χ0n) is 9.56. The fourth-order valence-electron chi connectivity index (χ4n) is 1.32. The molecule has 2 aromatic rings. The van der Waals surface area contributed by atoms with Crippen molar-refractivity contribution in [3.8, 4) is 0 Å². The quantitative estimate of drug-likeness (QED) is 0.262. The molecule has 8 nitrogen and oxygen atoms in total. The van der Waals surface area contributed by atoms with E-state index >= 15 is 0 Å². The van der Waals surface area contributed by atoms with Gasteiger partial charge in [0.1, 0.15) is 5.69 Å². The molecule has 2 aromatic heterocycles. The van der Waals surface area contributed by atoms with Gasteiger partial charge in [-0.1, -0.05) is 23.0 Å². The predicted octanol–water partition coefficient (Wildman–Crippen LogP) is -0.00810. The van der Waals surface area contributed by atoms with Gasteiger partial charge in [-0.05, 0) is 22.1 Å². The Balaban J connectivity index is 2.17. The van der Waals surface area contributed by atoms with Crippen molar-refractivity contribution in [2.24, 2.45) is 17.9 Å². The van der Waals surface area contributed by atoms with E-state index in [2.05, 4.69) is 25.7 Å². The molecule has 0 unspecified atom stereocenters. The number of thioether (sulfide) groups is 1. The highest BCUT2D eigenvalue weighted by molar-refractivity contribution is 7.98. The molecule has 0 aliphatic carbocycles. The minimum absolute atomic E-state index is 0.0118. The first-order valence-electron chi connectivity index (χ1n) is 4.99. The lowest BCUT2D eigenvalue weighted by atomic mass is 10.2. The highest BCUT2D eigenvalue weighted by Crippen LogP contribution is 2.20. The lowest BCUT2D eigenvalue weighted by Crippen LogP contribution is -2.17. The molecule has 0 fully saturated rings. The van der Waals surface area contributed by atoms with Gasteiger partial charge < -0.3 is 10.9 Å². The molecule has 9 heteroatoms. The highest BCUT2D eigenvalue weighted by Gasteiger charge is 2.10. The van der Waals surface area contributed by atoms with Crippen LogP contribution in [0, 0.1) is 0 Å². The number of nitrogens with two attached hydrogens (primary N) is 1. The maximum atomic E-state index is 8.69. The first-order valence-corrected chi connectivity index (χ1v) is 5.98. The molecule has 0 aromatic carbocycles. The lowest BCUT2D eigenvalue weighted by molar-refractivity contribution is 0.318. The normalized spacial score (nSPS) is 11.7. The number of aromatic nitrogens is 5. The van der Waals surface area contributed by atoms with Crippen molar-refractivity contribution < 1.29 is 5.21 Å². The summed E-state index contributed by atoms with van der Waals surface area (Å²) < 4.78 is 1.57. The van der Waals surface area contributed by atoms with Gasteiger partial charge in [0, 0.05) is 19.0 Å². The van der Waals surface area contributed by atoms with Crippen LogP contribution in [0.15, 0.2) is 28.6 Å². The van der Waals surface area contributed by atoms with Gasteiger partial charge >= 0.3 is 0 Å². The maximum Gasteiger partial charge on any atom is 0.209 e. The molecule has 3 N–H and O–H groups in total. The smallest absolute Gasteiger partial charge is 0.209 e. The molecule has 0 bridgehead atoms. The molecule has 0 amide bonds. The van der Waals surface area contributed by atoms with E-state index in [-0.39, 0.29) is 5.84 Å². The molecule has 18 heavy (non-hydrogen) atoms. The van der Waals surface area contributed by atoms with Crippen molar-refractivity contribution in [2.75, 3.05) is 0 Å². The summed E-state index contributed by atoms with van der Waals surface area (Å²) >= 11 is 1.44. The van der Waals surface area contributed by atoms with Crippen LogP contribution in [-0.2, 0) is 12.8 Å². The minimum atomic E-state index is -0.0118. The monoisotopic (exact) mass is 265 g/mol. The van der Waals surface area contributed by atoms with Crippen LogP contribution in [0.5, 0.6) is 0 Å². The Labute approximate surface area is 107 Å². The van der Waals surface area contributed by atoms with Gasteiger partial charge in [-0.25, -0.2) is 4.68 Å². The summed E-state index contributed by atoms with van der Waals surface area (Å²) in [5, 5.41) is 23.5. The van der Waals surface area contributed by atoms with Crippen molar-refractivity contribution in [3.05, 3.63) is 29.6 Å². The molecule has 0 radical (unpaired) electrons. The lowest BCUT2D eigenvalue weighted by Gasteiger charge is -2.05. The molecule has 0 spiro atoms. The number of amidine groups is 1. The summed E-state index contributed by atoms with van der Waals surface area (Å²) in [6, 6.07) is 3.65. The summed E-state index contributed by atoms with van der Waals surface area (Å²) in [5.41, 5.74) is 6.87. The van der Waals surface area contributed by atoms with Gasteiger partial charge in [-0.3, -0.25) is 4.98 Å². The standard InChI is InChI=1S/C9H11N7OS/c1-16-9(12-14-15-16)18-5-6-3-2-4-11-7(6)8(10)13-17/h2-4,17H,5H2,1H3,(H2,10,13). The van der Waals surface area contributed by atoms with Crippen LogP contribution in [0.2, 0.25) is 0 Å². The molecule has 2 heterocycles. The molecule has 94 valence electrons. The Morgan fingerprint density at radius 2 is 2.44 bits per heavy atom. The number of oxime groups is 1. The van der Waals surface area contributed by atoms with E-state index in [0.29, 0.717) is 16.6 Å². The van der Waals surface area contributed by atoms with Crippen LogP contribution < -0.4 is 5.73 Å². The summed E-state index contributed by atoms with van der Waals surface area (Å²) in [5.74, 6) is 0.565. The van der Waals surface area contributed by atoms with Crippen molar-refractivity contribution >= 4 is 17.6 Å². The van der Waals surface area contributed by atoms with E-state index < -0.39 is 0 Å². The largest absolute Gasteiger partial charge is 0.409 e. The van der Waals surface area contributed by atoms with E-state index in [1.54, 1.807) is 24.0 Å². The molecule has 0 saturated heterocycles. The van der Waals surface area contributed by atoms with Crippen LogP contribution in [0.4, 0.5) is 0 Å².